The highest BCUT2D eigenvalue weighted by Gasteiger charge is 2.16. The monoisotopic (exact) mass is 338 g/mol. The van der Waals surface area contributed by atoms with Crippen molar-refractivity contribution in [1.29, 1.82) is 0 Å². The molecule has 3 rings (SSSR count). The molecule has 0 bridgehead atoms. The van der Waals surface area contributed by atoms with E-state index < -0.39 is 11.9 Å². The molecular formula is C19H14O6. The summed E-state index contributed by atoms with van der Waals surface area (Å²) in [6.07, 6.45) is 0. The molecule has 6 heteroatoms. The first-order valence-electron chi connectivity index (χ1n) is 7.48. The van der Waals surface area contributed by atoms with Crippen LogP contribution in [0.3, 0.4) is 0 Å². The Bertz CT molecular complexity index is 1020. The van der Waals surface area contributed by atoms with Crippen LogP contribution in [-0.4, -0.2) is 11.9 Å². The van der Waals surface area contributed by atoms with E-state index in [1.165, 1.54) is 32.0 Å². The van der Waals surface area contributed by atoms with E-state index in [-0.39, 0.29) is 27.9 Å². The van der Waals surface area contributed by atoms with Gasteiger partial charge in [0.2, 0.25) is 0 Å². The number of carbonyl (C=O) groups excluding carboxylic acids is 2. The van der Waals surface area contributed by atoms with E-state index in [0.29, 0.717) is 11.3 Å². The molecule has 0 aliphatic carbocycles. The Morgan fingerprint density at radius 1 is 0.920 bits per heavy atom. The standard InChI is InChI=1S/C19H14O6/c1-11(20)23-14-8-17(24-12(2)21)19-15(22)10-16(25-18(19)9-14)13-6-4-3-5-7-13/h3-10H,1-2H3. The number of fused-ring (bicyclic) bond motifs is 1. The van der Waals surface area contributed by atoms with E-state index in [4.69, 9.17) is 13.9 Å². The summed E-state index contributed by atoms with van der Waals surface area (Å²) in [6.45, 7) is 2.45. The fraction of sp³-hybridized carbons (Fsp3) is 0.105. The van der Waals surface area contributed by atoms with Gasteiger partial charge in [0.1, 0.15) is 28.2 Å². The van der Waals surface area contributed by atoms with Crippen LogP contribution in [0.15, 0.2) is 57.7 Å². The van der Waals surface area contributed by atoms with Gasteiger partial charge in [-0.1, -0.05) is 30.3 Å². The third-order valence-corrected chi connectivity index (χ3v) is 3.34. The van der Waals surface area contributed by atoms with Gasteiger partial charge in [-0.2, -0.15) is 0 Å². The Morgan fingerprint density at radius 3 is 2.24 bits per heavy atom. The third-order valence-electron chi connectivity index (χ3n) is 3.34. The van der Waals surface area contributed by atoms with Crippen molar-refractivity contribution in [3.63, 3.8) is 0 Å². The Labute approximate surface area is 142 Å². The summed E-state index contributed by atoms with van der Waals surface area (Å²) in [5, 5.41) is 0.103. The van der Waals surface area contributed by atoms with E-state index in [2.05, 4.69) is 0 Å². The maximum atomic E-state index is 12.5. The maximum Gasteiger partial charge on any atom is 0.308 e. The van der Waals surface area contributed by atoms with Crippen molar-refractivity contribution in [2.24, 2.45) is 0 Å². The van der Waals surface area contributed by atoms with E-state index in [9.17, 15) is 14.4 Å². The number of esters is 2. The molecule has 0 atom stereocenters. The summed E-state index contributed by atoms with van der Waals surface area (Å²) in [5.41, 5.74) is 0.500. The minimum Gasteiger partial charge on any atom is -0.456 e. The maximum absolute atomic E-state index is 12.5. The van der Waals surface area contributed by atoms with Crippen LogP contribution >= 0.6 is 0 Å². The predicted octanol–water partition coefficient (Wildman–Crippen LogP) is 3.31. The summed E-state index contributed by atoms with van der Waals surface area (Å²) < 4.78 is 15.9. The van der Waals surface area contributed by atoms with Crippen LogP contribution in [0.2, 0.25) is 0 Å². The van der Waals surface area contributed by atoms with Gasteiger partial charge in [-0.05, 0) is 0 Å². The van der Waals surface area contributed by atoms with Gasteiger partial charge in [0.15, 0.2) is 5.43 Å². The van der Waals surface area contributed by atoms with Crippen molar-refractivity contribution < 1.29 is 23.5 Å². The summed E-state index contributed by atoms with van der Waals surface area (Å²) in [5.74, 6) is -0.700. The second-order valence-electron chi connectivity index (χ2n) is 5.32. The van der Waals surface area contributed by atoms with Gasteiger partial charge < -0.3 is 13.9 Å². The van der Waals surface area contributed by atoms with Gasteiger partial charge in [0.05, 0.1) is 0 Å². The number of rotatable bonds is 3. The molecule has 0 amide bonds. The molecule has 0 N–H and O–H groups in total. The lowest BCUT2D eigenvalue weighted by Crippen LogP contribution is -2.09. The van der Waals surface area contributed by atoms with Crippen LogP contribution in [0.4, 0.5) is 0 Å². The average molecular weight is 338 g/mol. The van der Waals surface area contributed by atoms with E-state index in [0.717, 1.165) is 0 Å². The molecule has 3 aromatic rings. The zero-order valence-electron chi connectivity index (χ0n) is 13.6. The van der Waals surface area contributed by atoms with Crippen molar-refractivity contribution in [1.82, 2.24) is 0 Å². The molecule has 25 heavy (non-hydrogen) atoms. The minimum atomic E-state index is -0.604. The highest BCUT2D eigenvalue weighted by Crippen LogP contribution is 2.32. The zero-order chi connectivity index (χ0) is 18.0. The highest BCUT2D eigenvalue weighted by atomic mass is 16.5. The molecule has 1 aromatic heterocycles. The summed E-state index contributed by atoms with van der Waals surface area (Å²) >= 11 is 0. The van der Waals surface area contributed by atoms with Crippen LogP contribution in [0.25, 0.3) is 22.3 Å². The number of carbonyl (C=O) groups is 2. The van der Waals surface area contributed by atoms with Gasteiger partial charge in [-0.25, -0.2) is 0 Å². The molecule has 2 aromatic carbocycles. The Kier molecular flexibility index (Phi) is 4.35. The third kappa shape index (κ3) is 3.58. The molecule has 0 aliphatic heterocycles. The Hall–Kier alpha value is -3.41. The van der Waals surface area contributed by atoms with Crippen molar-refractivity contribution in [3.8, 4) is 22.8 Å². The lowest BCUT2D eigenvalue weighted by atomic mass is 10.1. The fourth-order valence-corrected chi connectivity index (χ4v) is 2.43. The minimum absolute atomic E-state index is 0.0189. The van der Waals surface area contributed by atoms with Crippen LogP contribution in [-0.2, 0) is 9.59 Å². The lowest BCUT2D eigenvalue weighted by Gasteiger charge is -2.10. The van der Waals surface area contributed by atoms with Gasteiger partial charge in [0.25, 0.3) is 0 Å². The summed E-state index contributed by atoms with van der Waals surface area (Å²) in [4.78, 5) is 35.1. The van der Waals surface area contributed by atoms with Gasteiger partial charge in [-0.15, -0.1) is 0 Å². The van der Waals surface area contributed by atoms with Crippen LogP contribution in [0.5, 0.6) is 11.5 Å². The SMILES string of the molecule is CC(=O)Oc1cc(OC(C)=O)c2c(=O)cc(-c3ccccc3)oc2c1. The average Bonchev–Trinajstić information content (AvgIpc) is 2.53. The molecule has 0 unspecified atom stereocenters. The van der Waals surface area contributed by atoms with E-state index in [1.807, 2.05) is 18.2 Å². The Morgan fingerprint density at radius 2 is 1.60 bits per heavy atom. The predicted molar refractivity (Wildman–Crippen MR) is 90.5 cm³/mol. The second kappa shape index (κ2) is 6.60. The summed E-state index contributed by atoms with van der Waals surface area (Å²) in [7, 11) is 0. The molecule has 6 nitrogen and oxygen atoms in total. The van der Waals surface area contributed by atoms with Gasteiger partial charge in [0, 0.05) is 37.6 Å². The van der Waals surface area contributed by atoms with Crippen molar-refractivity contribution in [2.75, 3.05) is 0 Å². The molecule has 0 radical (unpaired) electrons. The lowest BCUT2D eigenvalue weighted by molar-refractivity contribution is -0.132. The largest absolute Gasteiger partial charge is 0.456 e. The number of benzene rings is 2. The quantitative estimate of drug-likeness (QED) is 0.538. The fourth-order valence-electron chi connectivity index (χ4n) is 2.43. The van der Waals surface area contributed by atoms with E-state index in [1.54, 1.807) is 12.1 Å². The van der Waals surface area contributed by atoms with Crippen LogP contribution in [0, 0.1) is 0 Å². The topological polar surface area (TPSA) is 82.8 Å². The van der Waals surface area contributed by atoms with Crippen molar-refractivity contribution >= 4 is 22.9 Å². The molecule has 126 valence electrons. The molecule has 0 spiro atoms. The summed E-state index contributed by atoms with van der Waals surface area (Å²) in [6, 6.07) is 13.1. The first kappa shape index (κ1) is 16.4. The number of ether oxygens (including phenoxy) is 2. The highest BCUT2D eigenvalue weighted by molar-refractivity contribution is 5.89. The molecule has 1 heterocycles. The molecule has 0 saturated carbocycles. The molecular weight excluding hydrogens is 324 g/mol. The zero-order valence-corrected chi connectivity index (χ0v) is 13.6. The normalized spacial score (nSPS) is 10.5. The van der Waals surface area contributed by atoms with E-state index >= 15 is 0 Å². The molecule has 0 saturated heterocycles. The number of hydrogen-bond donors (Lipinski definition) is 0. The van der Waals surface area contributed by atoms with Crippen LogP contribution < -0.4 is 14.9 Å². The van der Waals surface area contributed by atoms with Crippen molar-refractivity contribution in [3.05, 3.63) is 58.8 Å². The van der Waals surface area contributed by atoms with Gasteiger partial charge >= 0.3 is 11.9 Å². The van der Waals surface area contributed by atoms with Gasteiger partial charge in [-0.3, -0.25) is 14.4 Å². The van der Waals surface area contributed by atoms with Crippen LogP contribution in [0.1, 0.15) is 13.8 Å². The second-order valence-corrected chi connectivity index (χ2v) is 5.32. The van der Waals surface area contributed by atoms with Crippen molar-refractivity contribution in [2.45, 2.75) is 13.8 Å². The Balaban J connectivity index is 2.26. The first-order chi connectivity index (χ1) is 11.9. The molecule has 0 fully saturated rings. The smallest absolute Gasteiger partial charge is 0.308 e. The number of hydrogen-bond acceptors (Lipinski definition) is 6. The first-order valence-corrected chi connectivity index (χ1v) is 7.48. The molecule has 0 aliphatic rings.